The standard InChI is InChI=1S/C18H32N2O2/c1-2-13-4-3-5-15(8-13)19-16-9-17(10-16)20(12-18(21)22)11-14-6-7-14/h13-17,19H,2-12H2,1H3,(H,21,22). The molecular weight excluding hydrogens is 276 g/mol. The monoisotopic (exact) mass is 308 g/mol. The van der Waals surface area contributed by atoms with Gasteiger partial charge in [-0.1, -0.05) is 26.2 Å². The normalized spacial score (nSPS) is 35.4. The molecule has 3 saturated carbocycles. The van der Waals surface area contributed by atoms with Crippen LogP contribution >= 0.6 is 0 Å². The van der Waals surface area contributed by atoms with Crippen LogP contribution in [-0.2, 0) is 4.79 Å². The minimum Gasteiger partial charge on any atom is -0.480 e. The van der Waals surface area contributed by atoms with Crippen LogP contribution in [0.1, 0.15) is 64.7 Å². The third-order valence-electron chi connectivity index (χ3n) is 5.99. The number of hydrogen-bond donors (Lipinski definition) is 2. The lowest BCUT2D eigenvalue weighted by atomic mass is 9.80. The van der Waals surface area contributed by atoms with Gasteiger partial charge in [-0.2, -0.15) is 0 Å². The van der Waals surface area contributed by atoms with E-state index in [1.807, 2.05) is 0 Å². The van der Waals surface area contributed by atoms with Gasteiger partial charge in [0.05, 0.1) is 6.54 Å². The number of carboxylic acids is 1. The zero-order valence-corrected chi connectivity index (χ0v) is 14.0. The molecule has 3 fully saturated rings. The van der Waals surface area contributed by atoms with Crippen LogP contribution in [0.2, 0.25) is 0 Å². The Morgan fingerprint density at radius 1 is 1.09 bits per heavy atom. The summed E-state index contributed by atoms with van der Waals surface area (Å²) in [7, 11) is 0. The summed E-state index contributed by atoms with van der Waals surface area (Å²) in [5.41, 5.74) is 0. The molecule has 3 rings (SSSR count). The van der Waals surface area contributed by atoms with Gasteiger partial charge in [0.15, 0.2) is 0 Å². The summed E-state index contributed by atoms with van der Waals surface area (Å²) in [6.45, 7) is 3.55. The molecule has 0 bridgehead atoms. The smallest absolute Gasteiger partial charge is 0.317 e. The van der Waals surface area contributed by atoms with Crippen molar-refractivity contribution in [2.24, 2.45) is 11.8 Å². The molecule has 0 heterocycles. The third-order valence-corrected chi connectivity index (χ3v) is 5.99. The van der Waals surface area contributed by atoms with Gasteiger partial charge in [0.25, 0.3) is 0 Å². The lowest BCUT2D eigenvalue weighted by Crippen LogP contribution is -2.56. The van der Waals surface area contributed by atoms with Gasteiger partial charge in [-0.3, -0.25) is 9.69 Å². The molecule has 0 amide bonds. The summed E-state index contributed by atoms with van der Waals surface area (Å²) < 4.78 is 0. The second kappa shape index (κ2) is 7.31. The van der Waals surface area contributed by atoms with Crippen molar-refractivity contribution in [2.45, 2.75) is 82.8 Å². The van der Waals surface area contributed by atoms with Gasteiger partial charge in [0, 0.05) is 24.7 Å². The SMILES string of the molecule is CCC1CCCC(NC2CC(N(CC(=O)O)CC3CC3)C2)C1. The Hall–Kier alpha value is -0.610. The first kappa shape index (κ1) is 16.3. The Labute approximate surface area is 134 Å². The minimum atomic E-state index is -0.671. The van der Waals surface area contributed by atoms with Crippen molar-refractivity contribution in [2.75, 3.05) is 13.1 Å². The van der Waals surface area contributed by atoms with Crippen molar-refractivity contribution in [3.8, 4) is 0 Å². The molecule has 4 nitrogen and oxygen atoms in total. The molecule has 3 aliphatic rings. The molecule has 4 heteroatoms. The zero-order chi connectivity index (χ0) is 15.5. The van der Waals surface area contributed by atoms with E-state index >= 15 is 0 Å². The molecule has 2 unspecified atom stereocenters. The van der Waals surface area contributed by atoms with Crippen molar-refractivity contribution in [1.29, 1.82) is 0 Å². The molecule has 22 heavy (non-hydrogen) atoms. The first-order valence-electron chi connectivity index (χ1n) is 9.36. The molecule has 0 aromatic carbocycles. The van der Waals surface area contributed by atoms with E-state index in [2.05, 4.69) is 17.1 Å². The second-order valence-electron chi connectivity index (χ2n) is 7.89. The Balaban J connectivity index is 1.40. The zero-order valence-electron chi connectivity index (χ0n) is 14.0. The Kier molecular flexibility index (Phi) is 5.40. The molecule has 126 valence electrons. The van der Waals surface area contributed by atoms with E-state index in [1.165, 1.54) is 44.9 Å². The van der Waals surface area contributed by atoms with Crippen molar-refractivity contribution in [1.82, 2.24) is 10.2 Å². The summed E-state index contributed by atoms with van der Waals surface area (Å²) >= 11 is 0. The summed E-state index contributed by atoms with van der Waals surface area (Å²) in [5.74, 6) is 1.02. The summed E-state index contributed by atoms with van der Waals surface area (Å²) in [6.07, 6.45) is 11.7. The molecule has 2 atom stereocenters. The predicted molar refractivity (Wildman–Crippen MR) is 87.9 cm³/mol. The maximum absolute atomic E-state index is 11.1. The number of aliphatic carboxylic acids is 1. The van der Waals surface area contributed by atoms with Gasteiger partial charge >= 0.3 is 5.97 Å². The average molecular weight is 308 g/mol. The fourth-order valence-electron chi connectivity index (χ4n) is 4.32. The van der Waals surface area contributed by atoms with Crippen LogP contribution in [0.4, 0.5) is 0 Å². The highest BCUT2D eigenvalue weighted by Gasteiger charge is 2.38. The number of nitrogens with zero attached hydrogens (tertiary/aromatic N) is 1. The highest BCUT2D eigenvalue weighted by atomic mass is 16.4. The van der Waals surface area contributed by atoms with Crippen LogP contribution in [0.15, 0.2) is 0 Å². The van der Waals surface area contributed by atoms with Crippen LogP contribution in [-0.4, -0.2) is 47.2 Å². The molecule has 0 saturated heterocycles. The minimum absolute atomic E-state index is 0.231. The van der Waals surface area contributed by atoms with Crippen molar-refractivity contribution < 1.29 is 9.90 Å². The number of rotatable bonds is 8. The third kappa shape index (κ3) is 4.45. The fourth-order valence-corrected chi connectivity index (χ4v) is 4.32. The largest absolute Gasteiger partial charge is 0.480 e. The lowest BCUT2D eigenvalue weighted by molar-refractivity contribution is -0.139. The molecule has 0 aromatic rings. The first-order valence-corrected chi connectivity index (χ1v) is 9.36. The maximum Gasteiger partial charge on any atom is 0.317 e. The number of nitrogens with one attached hydrogen (secondary N) is 1. The van der Waals surface area contributed by atoms with E-state index in [9.17, 15) is 4.79 Å². The van der Waals surface area contributed by atoms with Gasteiger partial charge in [0.2, 0.25) is 0 Å². The van der Waals surface area contributed by atoms with Crippen molar-refractivity contribution in [3.63, 3.8) is 0 Å². The van der Waals surface area contributed by atoms with Gasteiger partial charge < -0.3 is 10.4 Å². The van der Waals surface area contributed by atoms with E-state index in [0.717, 1.165) is 31.2 Å². The van der Waals surface area contributed by atoms with Gasteiger partial charge in [-0.15, -0.1) is 0 Å². The molecule has 0 aromatic heterocycles. The molecule has 2 N–H and O–H groups in total. The molecular formula is C18H32N2O2. The van der Waals surface area contributed by atoms with Crippen LogP contribution < -0.4 is 5.32 Å². The topological polar surface area (TPSA) is 52.6 Å². The summed E-state index contributed by atoms with van der Waals surface area (Å²) in [5, 5.41) is 13.0. The summed E-state index contributed by atoms with van der Waals surface area (Å²) in [6, 6.07) is 1.84. The van der Waals surface area contributed by atoms with Crippen molar-refractivity contribution in [3.05, 3.63) is 0 Å². The second-order valence-corrected chi connectivity index (χ2v) is 7.89. The van der Waals surface area contributed by atoms with E-state index in [-0.39, 0.29) is 6.54 Å². The molecule has 3 aliphatic carbocycles. The molecule has 0 aliphatic heterocycles. The lowest BCUT2D eigenvalue weighted by Gasteiger charge is -2.45. The molecule has 0 spiro atoms. The highest BCUT2D eigenvalue weighted by Crippen LogP contribution is 2.35. The van der Waals surface area contributed by atoms with Crippen LogP contribution in [0.5, 0.6) is 0 Å². The average Bonchev–Trinajstić information content (AvgIpc) is 3.25. The fraction of sp³-hybridized carbons (Fsp3) is 0.944. The van der Waals surface area contributed by atoms with Crippen LogP contribution in [0.3, 0.4) is 0 Å². The summed E-state index contributed by atoms with van der Waals surface area (Å²) in [4.78, 5) is 13.3. The van der Waals surface area contributed by atoms with Gasteiger partial charge in [-0.05, 0) is 50.4 Å². The number of carboxylic acid groups (broad SMARTS) is 1. The van der Waals surface area contributed by atoms with E-state index < -0.39 is 5.97 Å². The predicted octanol–water partition coefficient (Wildman–Crippen LogP) is 2.87. The highest BCUT2D eigenvalue weighted by molar-refractivity contribution is 5.69. The van der Waals surface area contributed by atoms with Crippen LogP contribution in [0.25, 0.3) is 0 Å². The van der Waals surface area contributed by atoms with E-state index in [4.69, 9.17) is 5.11 Å². The number of hydrogen-bond acceptors (Lipinski definition) is 3. The quantitative estimate of drug-likeness (QED) is 0.724. The van der Waals surface area contributed by atoms with E-state index in [0.29, 0.717) is 18.1 Å². The van der Waals surface area contributed by atoms with E-state index in [1.54, 1.807) is 0 Å². The number of carbonyl (C=O) groups is 1. The van der Waals surface area contributed by atoms with Gasteiger partial charge in [-0.25, -0.2) is 0 Å². The Bertz CT molecular complexity index is 377. The molecule has 0 radical (unpaired) electrons. The van der Waals surface area contributed by atoms with Crippen molar-refractivity contribution >= 4 is 5.97 Å². The Morgan fingerprint density at radius 2 is 1.86 bits per heavy atom. The van der Waals surface area contributed by atoms with Gasteiger partial charge in [0.1, 0.15) is 0 Å². The first-order chi connectivity index (χ1) is 10.6. The maximum atomic E-state index is 11.1. The Morgan fingerprint density at radius 3 is 2.50 bits per heavy atom. The van der Waals surface area contributed by atoms with Crippen LogP contribution in [0, 0.1) is 11.8 Å².